The lowest BCUT2D eigenvalue weighted by atomic mass is 10.2. The number of hydrogen-bond acceptors (Lipinski definition) is 7. The van der Waals surface area contributed by atoms with Crippen molar-refractivity contribution in [3.05, 3.63) is 60.0 Å². The van der Waals surface area contributed by atoms with E-state index < -0.39 is 22.1 Å². The minimum absolute atomic E-state index is 0.0344. The Balaban J connectivity index is 1.77. The summed E-state index contributed by atoms with van der Waals surface area (Å²) in [5, 5.41) is 6.30. The molecule has 3 rings (SSSR count). The minimum atomic E-state index is -4.74. The second-order valence-electron chi connectivity index (χ2n) is 5.80. The van der Waals surface area contributed by atoms with Crippen LogP contribution in [0.3, 0.4) is 0 Å². The maximum absolute atomic E-state index is 12.5. The number of rotatable bonds is 6. The van der Waals surface area contributed by atoms with Crippen molar-refractivity contribution in [2.24, 2.45) is 0 Å². The van der Waals surface area contributed by atoms with Crippen molar-refractivity contribution in [1.29, 1.82) is 0 Å². The van der Waals surface area contributed by atoms with Gasteiger partial charge in [0, 0.05) is 12.4 Å². The average molecular weight is 413 g/mol. The maximum Gasteiger partial charge on any atom is 0.470 e. The molecular weight excluding hydrogens is 399 g/mol. The Morgan fingerprint density at radius 3 is 2.25 bits per heavy atom. The first-order valence-electron chi connectivity index (χ1n) is 7.84. The molecule has 0 amide bonds. The summed E-state index contributed by atoms with van der Waals surface area (Å²) in [6, 6.07) is 8.06. The third kappa shape index (κ3) is 4.89. The van der Waals surface area contributed by atoms with Crippen LogP contribution in [-0.2, 0) is 29.3 Å². The Morgan fingerprint density at radius 1 is 1.04 bits per heavy atom. The van der Waals surface area contributed by atoms with Crippen LogP contribution in [0, 0.1) is 0 Å². The number of sulfonamides is 1. The van der Waals surface area contributed by atoms with Gasteiger partial charge >= 0.3 is 12.1 Å². The van der Waals surface area contributed by atoms with Crippen LogP contribution < -0.4 is 0 Å². The predicted octanol–water partition coefficient (Wildman–Crippen LogP) is 2.51. The van der Waals surface area contributed by atoms with Gasteiger partial charge in [-0.3, -0.25) is 9.97 Å². The topological polar surface area (TPSA) is 102 Å². The Morgan fingerprint density at radius 2 is 1.75 bits per heavy atom. The first kappa shape index (κ1) is 19.9. The van der Waals surface area contributed by atoms with E-state index in [-0.39, 0.29) is 24.5 Å². The van der Waals surface area contributed by atoms with Crippen molar-refractivity contribution < 1.29 is 26.0 Å². The van der Waals surface area contributed by atoms with Crippen LogP contribution in [0.25, 0.3) is 11.5 Å². The van der Waals surface area contributed by atoms with Gasteiger partial charge in [0.2, 0.25) is 15.9 Å². The molecule has 0 unspecified atom stereocenters. The first-order chi connectivity index (χ1) is 13.1. The van der Waals surface area contributed by atoms with Crippen LogP contribution in [0.5, 0.6) is 0 Å². The molecule has 12 heteroatoms. The standard InChI is InChI=1S/C16H14F3N5O3S/c1-28(25,26)24(9-12-4-2-3-7-20-12)10-13-6-5-11(8-21-13)14-22-23-15(27-14)16(17,18)19/h2-8H,9-10H2,1H3. The van der Waals surface area contributed by atoms with Gasteiger partial charge in [-0.2, -0.15) is 17.5 Å². The second-order valence-corrected chi connectivity index (χ2v) is 7.78. The Labute approximate surface area is 158 Å². The van der Waals surface area contributed by atoms with E-state index >= 15 is 0 Å². The smallest absolute Gasteiger partial charge is 0.413 e. The zero-order valence-corrected chi connectivity index (χ0v) is 15.3. The fraction of sp³-hybridized carbons (Fsp3) is 0.250. The molecule has 0 saturated heterocycles. The molecule has 28 heavy (non-hydrogen) atoms. The summed E-state index contributed by atoms with van der Waals surface area (Å²) in [7, 11) is -3.55. The van der Waals surface area contributed by atoms with Gasteiger partial charge in [-0.05, 0) is 24.3 Å². The first-order valence-corrected chi connectivity index (χ1v) is 9.69. The van der Waals surface area contributed by atoms with E-state index in [1.165, 1.54) is 22.6 Å². The molecule has 0 aliphatic carbocycles. The lowest BCUT2D eigenvalue weighted by molar-refractivity contribution is -0.156. The van der Waals surface area contributed by atoms with E-state index in [9.17, 15) is 21.6 Å². The predicted molar refractivity (Wildman–Crippen MR) is 90.9 cm³/mol. The highest BCUT2D eigenvalue weighted by Gasteiger charge is 2.38. The van der Waals surface area contributed by atoms with Gasteiger partial charge in [0.05, 0.1) is 36.3 Å². The number of pyridine rings is 2. The normalized spacial score (nSPS) is 12.5. The van der Waals surface area contributed by atoms with E-state index in [0.29, 0.717) is 11.4 Å². The summed E-state index contributed by atoms with van der Waals surface area (Å²) < 4.78 is 67.5. The van der Waals surface area contributed by atoms with Gasteiger partial charge in [0.25, 0.3) is 0 Å². The van der Waals surface area contributed by atoms with Crippen molar-refractivity contribution in [3.63, 3.8) is 0 Å². The maximum atomic E-state index is 12.5. The molecule has 0 saturated carbocycles. The van der Waals surface area contributed by atoms with Gasteiger partial charge in [0.15, 0.2) is 0 Å². The van der Waals surface area contributed by atoms with E-state index in [1.807, 2.05) is 0 Å². The highest BCUT2D eigenvalue weighted by Crippen LogP contribution is 2.30. The Bertz CT molecular complexity index is 1040. The van der Waals surface area contributed by atoms with Crippen molar-refractivity contribution in [1.82, 2.24) is 24.5 Å². The molecule has 0 aliphatic rings. The van der Waals surface area contributed by atoms with Gasteiger partial charge in [-0.15, -0.1) is 10.2 Å². The molecule has 8 nitrogen and oxygen atoms in total. The number of halogens is 3. The summed E-state index contributed by atoms with van der Waals surface area (Å²) in [6.45, 7) is 0.0228. The van der Waals surface area contributed by atoms with E-state index in [4.69, 9.17) is 0 Å². The molecule has 0 radical (unpaired) electrons. The summed E-state index contributed by atoms with van der Waals surface area (Å²) >= 11 is 0. The fourth-order valence-electron chi connectivity index (χ4n) is 2.24. The molecule has 0 aromatic carbocycles. The van der Waals surface area contributed by atoms with Crippen molar-refractivity contribution in [2.45, 2.75) is 19.3 Å². The largest absolute Gasteiger partial charge is 0.470 e. The van der Waals surface area contributed by atoms with Crippen LogP contribution in [0.1, 0.15) is 17.3 Å². The molecule has 0 aliphatic heterocycles. The summed E-state index contributed by atoms with van der Waals surface area (Å²) in [6.07, 6.45) is -0.867. The average Bonchev–Trinajstić information content (AvgIpc) is 3.12. The Hall–Kier alpha value is -2.86. The molecule has 3 aromatic rings. The monoisotopic (exact) mass is 413 g/mol. The summed E-state index contributed by atoms with van der Waals surface area (Å²) in [5.74, 6) is -1.79. The van der Waals surface area contributed by atoms with Gasteiger partial charge < -0.3 is 4.42 Å². The van der Waals surface area contributed by atoms with Crippen LogP contribution in [-0.4, -0.2) is 39.1 Å². The number of nitrogens with zero attached hydrogens (tertiary/aromatic N) is 5. The van der Waals surface area contributed by atoms with E-state index in [1.54, 1.807) is 24.4 Å². The van der Waals surface area contributed by atoms with Gasteiger partial charge in [0.1, 0.15) is 0 Å². The molecule has 0 atom stereocenters. The van der Waals surface area contributed by atoms with Crippen LogP contribution >= 0.6 is 0 Å². The quantitative estimate of drug-likeness (QED) is 0.612. The number of aromatic nitrogens is 4. The zero-order chi connectivity index (χ0) is 20.4. The minimum Gasteiger partial charge on any atom is -0.413 e. The second kappa shape index (κ2) is 7.64. The molecule has 3 heterocycles. The summed E-state index contributed by atoms with van der Waals surface area (Å²) in [5.41, 5.74) is 1.14. The molecule has 0 N–H and O–H groups in total. The molecule has 0 bridgehead atoms. The lowest BCUT2D eigenvalue weighted by Crippen LogP contribution is -2.29. The third-order valence-electron chi connectivity index (χ3n) is 3.61. The Kier molecular flexibility index (Phi) is 5.42. The molecular formula is C16H14F3N5O3S. The van der Waals surface area contributed by atoms with E-state index in [0.717, 1.165) is 6.26 Å². The number of hydrogen-bond donors (Lipinski definition) is 0. The fourth-order valence-corrected chi connectivity index (χ4v) is 2.98. The lowest BCUT2D eigenvalue weighted by Gasteiger charge is -2.19. The SMILES string of the molecule is CS(=O)(=O)N(Cc1ccccn1)Cc1ccc(-c2nnc(C(F)(F)F)o2)cn1. The van der Waals surface area contributed by atoms with Crippen LogP contribution in [0.15, 0.2) is 47.1 Å². The van der Waals surface area contributed by atoms with Crippen LogP contribution in [0.4, 0.5) is 13.2 Å². The van der Waals surface area contributed by atoms with Crippen molar-refractivity contribution in [3.8, 4) is 11.5 Å². The van der Waals surface area contributed by atoms with Crippen LogP contribution in [0.2, 0.25) is 0 Å². The van der Waals surface area contributed by atoms with Gasteiger partial charge in [-0.1, -0.05) is 6.07 Å². The van der Waals surface area contributed by atoms with E-state index in [2.05, 4.69) is 24.6 Å². The summed E-state index contributed by atoms with van der Waals surface area (Å²) in [4.78, 5) is 8.19. The van der Waals surface area contributed by atoms with Crippen molar-refractivity contribution in [2.75, 3.05) is 6.26 Å². The highest BCUT2D eigenvalue weighted by molar-refractivity contribution is 7.88. The van der Waals surface area contributed by atoms with Crippen molar-refractivity contribution >= 4 is 10.0 Å². The van der Waals surface area contributed by atoms with Gasteiger partial charge in [-0.25, -0.2) is 8.42 Å². The number of alkyl halides is 3. The molecule has 0 fully saturated rings. The zero-order valence-electron chi connectivity index (χ0n) is 14.5. The third-order valence-corrected chi connectivity index (χ3v) is 4.81. The molecule has 0 spiro atoms. The molecule has 148 valence electrons. The highest BCUT2D eigenvalue weighted by atomic mass is 32.2. The molecule has 3 aromatic heterocycles.